The second-order valence-electron chi connectivity index (χ2n) is 7.18. The Balaban J connectivity index is 1.48. The number of hydrogen-bond acceptors (Lipinski definition) is 6. The van der Waals surface area contributed by atoms with Crippen molar-refractivity contribution in [3.05, 3.63) is 24.0 Å². The summed E-state index contributed by atoms with van der Waals surface area (Å²) in [5, 5.41) is 5.12. The van der Waals surface area contributed by atoms with E-state index in [1.165, 1.54) is 12.1 Å². The number of nitrogens with zero attached hydrogens (tertiary/aromatic N) is 2. The molecule has 0 radical (unpaired) electrons. The Bertz CT molecular complexity index is 809. The lowest BCUT2D eigenvalue weighted by atomic mass is 10.2. The van der Waals surface area contributed by atoms with Crippen molar-refractivity contribution >= 4 is 35.0 Å². The van der Waals surface area contributed by atoms with Gasteiger partial charge in [0.25, 0.3) is 0 Å². The van der Waals surface area contributed by atoms with E-state index in [-0.39, 0.29) is 55.6 Å². The van der Waals surface area contributed by atoms with Crippen LogP contribution in [-0.4, -0.2) is 72.8 Å². The van der Waals surface area contributed by atoms with Gasteiger partial charge in [-0.25, -0.2) is 4.39 Å². The van der Waals surface area contributed by atoms with Gasteiger partial charge in [-0.15, -0.1) is 0 Å². The summed E-state index contributed by atoms with van der Waals surface area (Å²) in [5.74, 6) is -1.91. The minimum absolute atomic E-state index is 0.00975. The zero-order chi connectivity index (χ0) is 21.5. The predicted octanol–water partition coefficient (Wildman–Crippen LogP) is 0.964. The van der Waals surface area contributed by atoms with Gasteiger partial charge < -0.3 is 15.4 Å². The highest BCUT2D eigenvalue weighted by atomic mass is 19.1. The summed E-state index contributed by atoms with van der Waals surface area (Å²) in [6, 6.07) is 3.87. The van der Waals surface area contributed by atoms with Gasteiger partial charge in [-0.3, -0.25) is 29.0 Å². The number of halogens is 1. The Morgan fingerprint density at radius 1 is 0.967 bits per heavy atom. The molecule has 2 N–H and O–H groups in total. The molecule has 1 aromatic rings. The fraction of sp³-hybridized carbons (Fsp3) is 0.500. The average molecular weight is 420 g/mol. The summed E-state index contributed by atoms with van der Waals surface area (Å²) >= 11 is 0. The third-order valence-corrected chi connectivity index (χ3v) is 5.00. The number of benzene rings is 1. The molecule has 0 unspecified atom stereocenters. The Labute approximate surface area is 173 Å². The molecule has 2 heterocycles. The molecule has 30 heavy (non-hydrogen) atoms. The van der Waals surface area contributed by atoms with E-state index < -0.39 is 11.7 Å². The number of morpholine rings is 1. The van der Waals surface area contributed by atoms with Gasteiger partial charge in [0.15, 0.2) is 0 Å². The summed E-state index contributed by atoms with van der Waals surface area (Å²) in [7, 11) is 0. The van der Waals surface area contributed by atoms with Crippen LogP contribution in [0.4, 0.5) is 15.8 Å². The molecule has 4 amide bonds. The monoisotopic (exact) mass is 420 g/mol. The SMILES string of the molecule is O=C(CCN1C(=O)CCC1=O)Nc1ccc(F)c(NC(=O)CCN2CCOCC2)c1. The van der Waals surface area contributed by atoms with Crippen LogP contribution in [0.2, 0.25) is 0 Å². The van der Waals surface area contributed by atoms with Crippen molar-refractivity contribution in [1.82, 2.24) is 9.80 Å². The molecule has 0 aliphatic carbocycles. The number of rotatable bonds is 8. The highest BCUT2D eigenvalue weighted by molar-refractivity contribution is 6.02. The van der Waals surface area contributed by atoms with E-state index in [0.29, 0.717) is 25.4 Å². The van der Waals surface area contributed by atoms with E-state index in [1.807, 2.05) is 0 Å². The summed E-state index contributed by atoms with van der Waals surface area (Å²) in [5.41, 5.74) is 0.286. The quantitative estimate of drug-likeness (QED) is 0.607. The van der Waals surface area contributed by atoms with Crippen LogP contribution in [0, 0.1) is 5.82 Å². The van der Waals surface area contributed by atoms with Crippen molar-refractivity contribution in [3.8, 4) is 0 Å². The third-order valence-electron chi connectivity index (χ3n) is 5.00. The molecule has 1 aromatic carbocycles. The van der Waals surface area contributed by atoms with Crippen molar-refractivity contribution in [2.75, 3.05) is 50.0 Å². The van der Waals surface area contributed by atoms with Crippen molar-refractivity contribution in [1.29, 1.82) is 0 Å². The first-order valence-electron chi connectivity index (χ1n) is 9.95. The van der Waals surface area contributed by atoms with E-state index in [1.54, 1.807) is 0 Å². The molecule has 2 aliphatic rings. The van der Waals surface area contributed by atoms with Crippen LogP contribution in [-0.2, 0) is 23.9 Å². The predicted molar refractivity (Wildman–Crippen MR) is 106 cm³/mol. The van der Waals surface area contributed by atoms with Crippen LogP contribution in [0.1, 0.15) is 25.7 Å². The normalized spacial score (nSPS) is 17.3. The fourth-order valence-electron chi connectivity index (χ4n) is 3.31. The van der Waals surface area contributed by atoms with Gasteiger partial charge in [-0.05, 0) is 18.2 Å². The van der Waals surface area contributed by atoms with Crippen LogP contribution in [0.5, 0.6) is 0 Å². The van der Waals surface area contributed by atoms with Crippen molar-refractivity contribution < 1.29 is 28.3 Å². The first-order valence-corrected chi connectivity index (χ1v) is 9.95. The first kappa shape index (κ1) is 21.8. The maximum absolute atomic E-state index is 14.1. The molecular weight excluding hydrogens is 395 g/mol. The van der Waals surface area contributed by atoms with Crippen LogP contribution in [0.25, 0.3) is 0 Å². The summed E-state index contributed by atoms with van der Waals surface area (Å²) in [6.07, 6.45) is 0.504. The maximum atomic E-state index is 14.1. The van der Waals surface area contributed by atoms with Crippen LogP contribution in [0.15, 0.2) is 18.2 Å². The van der Waals surface area contributed by atoms with Gasteiger partial charge in [0.05, 0.1) is 18.9 Å². The number of carbonyl (C=O) groups is 4. The van der Waals surface area contributed by atoms with E-state index in [4.69, 9.17) is 4.74 Å². The lowest BCUT2D eigenvalue weighted by molar-refractivity contribution is -0.138. The molecule has 0 atom stereocenters. The zero-order valence-corrected chi connectivity index (χ0v) is 16.6. The number of anilines is 2. The standard InChI is InChI=1S/C20H25FN4O5/c21-15-2-1-14(22-17(26)6-8-25-19(28)3-4-20(25)29)13-16(15)23-18(27)5-7-24-9-11-30-12-10-24/h1-2,13H,3-12H2,(H,22,26)(H,23,27). The lowest BCUT2D eigenvalue weighted by Crippen LogP contribution is -2.38. The third kappa shape index (κ3) is 6.07. The first-order chi connectivity index (χ1) is 14.4. The zero-order valence-electron chi connectivity index (χ0n) is 16.6. The second kappa shape index (κ2) is 10.3. The number of imide groups is 1. The molecule has 0 aromatic heterocycles. The van der Waals surface area contributed by atoms with Crippen LogP contribution >= 0.6 is 0 Å². The van der Waals surface area contributed by atoms with E-state index in [9.17, 15) is 23.6 Å². The van der Waals surface area contributed by atoms with E-state index >= 15 is 0 Å². The fourth-order valence-corrected chi connectivity index (χ4v) is 3.31. The largest absolute Gasteiger partial charge is 0.379 e. The topological polar surface area (TPSA) is 108 Å². The molecule has 0 saturated carbocycles. The van der Waals surface area contributed by atoms with Crippen molar-refractivity contribution in [3.63, 3.8) is 0 Å². The van der Waals surface area contributed by atoms with Crippen molar-refractivity contribution in [2.24, 2.45) is 0 Å². The van der Waals surface area contributed by atoms with Crippen molar-refractivity contribution in [2.45, 2.75) is 25.7 Å². The Hall–Kier alpha value is -2.85. The minimum Gasteiger partial charge on any atom is -0.379 e. The average Bonchev–Trinajstić information content (AvgIpc) is 3.05. The van der Waals surface area contributed by atoms with Crippen LogP contribution < -0.4 is 10.6 Å². The number of ether oxygens (including phenoxy) is 1. The van der Waals surface area contributed by atoms with Gasteiger partial charge in [0.1, 0.15) is 5.82 Å². The van der Waals surface area contributed by atoms with Gasteiger partial charge in [-0.2, -0.15) is 0 Å². The Morgan fingerprint density at radius 2 is 1.60 bits per heavy atom. The molecule has 10 heteroatoms. The Morgan fingerprint density at radius 3 is 2.30 bits per heavy atom. The Kier molecular flexibility index (Phi) is 7.47. The number of amides is 4. The molecular formula is C20H25FN4O5. The van der Waals surface area contributed by atoms with Gasteiger partial charge in [-0.1, -0.05) is 0 Å². The molecule has 2 aliphatic heterocycles. The number of hydrogen-bond donors (Lipinski definition) is 2. The van der Waals surface area contributed by atoms with E-state index in [0.717, 1.165) is 24.1 Å². The maximum Gasteiger partial charge on any atom is 0.229 e. The molecule has 0 spiro atoms. The minimum atomic E-state index is -0.610. The number of nitrogens with one attached hydrogen (secondary N) is 2. The van der Waals surface area contributed by atoms with Gasteiger partial charge >= 0.3 is 0 Å². The number of likely N-dealkylation sites (tertiary alicyclic amines) is 1. The lowest BCUT2D eigenvalue weighted by Gasteiger charge is -2.26. The van der Waals surface area contributed by atoms with E-state index in [2.05, 4.69) is 15.5 Å². The molecule has 0 bridgehead atoms. The highest BCUT2D eigenvalue weighted by Gasteiger charge is 2.28. The molecule has 2 fully saturated rings. The summed E-state index contributed by atoms with van der Waals surface area (Å²) in [4.78, 5) is 50.6. The molecule has 9 nitrogen and oxygen atoms in total. The smallest absolute Gasteiger partial charge is 0.229 e. The molecule has 3 rings (SSSR count). The molecule has 2 saturated heterocycles. The van der Waals surface area contributed by atoms with Gasteiger partial charge in [0, 0.05) is 57.5 Å². The second-order valence-corrected chi connectivity index (χ2v) is 7.18. The summed E-state index contributed by atoms with van der Waals surface area (Å²) < 4.78 is 19.3. The highest BCUT2D eigenvalue weighted by Crippen LogP contribution is 2.20. The molecule has 162 valence electrons. The number of carbonyl (C=O) groups excluding carboxylic acids is 4. The van der Waals surface area contributed by atoms with Crippen LogP contribution in [0.3, 0.4) is 0 Å². The summed E-state index contributed by atoms with van der Waals surface area (Å²) in [6.45, 7) is 3.36. The van der Waals surface area contributed by atoms with Gasteiger partial charge in [0.2, 0.25) is 23.6 Å².